The summed E-state index contributed by atoms with van der Waals surface area (Å²) in [6.07, 6.45) is 3.91. The second-order valence-corrected chi connectivity index (χ2v) is 7.76. The lowest BCUT2D eigenvalue weighted by molar-refractivity contribution is 0.152. The van der Waals surface area contributed by atoms with Crippen LogP contribution in [-0.4, -0.2) is 30.1 Å². The third kappa shape index (κ3) is 6.78. The SMILES string of the molecule is CC1CCCCN1Cc1ccc(CNC(=O)NCc2cccc(OCC#N)c2)cc1. The van der Waals surface area contributed by atoms with Crippen molar-refractivity contribution >= 4 is 6.03 Å². The van der Waals surface area contributed by atoms with E-state index in [0.717, 1.165) is 17.7 Å². The van der Waals surface area contributed by atoms with Gasteiger partial charge in [0.15, 0.2) is 6.61 Å². The summed E-state index contributed by atoms with van der Waals surface area (Å²) in [6.45, 7) is 5.36. The summed E-state index contributed by atoms with van der Waals surface area (Å²) in [4.78, 5) is 14.7. The Morgan fingerprint density at radius 2 is 1.83 bits per heavy atom. The molecule has 1 saturated heterocycles. The van der Waals surface area contributed by atoms with Crippen LogP contribution in [0.3, 0.4) is 0 Å². The number of nitrogens with one attached hydrogen (secondary N) is 2. The number of carbonyl (C=O) groups excluding carboxylic acids is 1. The number of ether oxygens (including phenoxy) is 1. The zero-order valence-corrected chi connectivity index (χ0v) is 17.6. The number of nitriles is 1. The number of piperidine rings is 1. The van der Waals surface area contributed by atoms with Crippen molar-refractivity contribution in [3.05, 3.63) is 65.2 Å². The third-order valence-electron chi connectivity index (χ3n) is 5.46. The second-order valence-electron chi connectivity index (χ2n) is 7.76. The third-order valence-corrected chi connectivity index (χ3v) is 5.46. The van der Waals surface area contributed by atoms with E-state index in [0.29, 0.717) is 24.9 Å². The molecule has 0 radical (unpaired) electrons. The number of likely N-dealkylation sites (tertiary alicyclic amines) is 1. The monoisotopic (exact) mass is 406 g/mol. The summed E-state index contributed by atoms with van der Waals surface area (Å²) < 4.78 is 5.28. The van der Waals surface area contributed by atoms with Gasteiger partial charge < -0.3 is 15.4 Å². The Morgan fingerprint density at radius 1 is 1.10 bits per heavy atom. The smallest absolute Gasteiger partial charge is 0.315 e. The van der Waals surface area contributed by atoms with Gasteiger partial charge in [-0.25, -0.2) is 4.79 Å². The van der Waals surface area contributed by atoms with Crippen LogP contribution in [0.4, 0.5) is 4.79 Å². The molecule has 2 aromatic rings. The van der Waals surface area contributed by atoms with Gasteiger partial charge in [0.1, 0.15) is 11.8 Å². The number of benzene rings is 2. The highest BCUT2D eigenvalue weighted by molar-refractivity contribution is 5.73. The molecule has 6 nitrogen and oxygen atoms in total. The Morgan fingerprint density at radius 3 is 2.57 bits per heavy atom. The molecule has 2 N–H and O–H groups in total. The van der Waals surface area contributed by atoms with E-state index in [1.165, 1.54) is 31.4 Å². The fourth-order valence-electron chi connectivity index (χ4n) is 3.68. The minimum Gasteiger partial charge on any atom is -0.479 e. The van der Waals surface area contributed by atoms with E-state index in [1.54, 1.807) is 6.07 Å². The predicted octanol–water partition coefficient (Wildman–Crippen LogP) is 3.96. The van der Waals surface area contributed by atoms with Crippen LogP contribution in [0.25, 0.3) is 0 Å². The average Bonchev–Trinajstić information content (AvgIpc) is 2.77. The van der Waals surface area contributed by atoms with Crippen LogP contribution in [0.5, 0.6) is 5.75 Å². The van der Waals surface area contributed by atoms with Gasteiger partial charge in [-0.15, -0.1) is 0 Å². The van der Waals surface area contributed by atoms with Gasteiger partial charge in [0.25, 0.3) is 0 Å². The first-order chi connectivity index (χ1) is 14.6. The van der Waals surface area contributed by atoms with E-state index in [-0.39, 0.29) is 12.6 Å². The zero-order valence-electron chi connectivity index (χ0n) is 17.6. The van der Waals surface area contributed by atoms with Crippen LogP contribution in [0.15, 0.2) is 48.5 Å². The Labute approximate surface area is 178 Å². The van der Waals surface area contributed by atoms with Crippen LogP contribution in [0.2, 0.25) is 0 Å². The number of hydrogen-bond donors (Lipinski definition) is 2. The van der Waals surface area contributed by atoms with Crippen molar-refractivity contribution in [2.75, 3.05) is 13.2 Å². The first-order valence-corrected chi connectivity index (χ1v) is 10.6. The van der Waals surface area contributed by atoms with Crippen molar-refractivity contribution in [2.24, 2.45) is 0 Å². The van der Waals surface area contributed by atoms with Gasteiger partial charge in [0.2, 0.25) is 0 Å². The highest BCUT2D eigenvalue weighted by atomic mass is 16.5. The number of nitrogens with zero attached hydrogens (tertiary/aromatic N) is 2. The molecule has 3 rings (SSSR count). The summed E-state index contributed by atoms with van der Waals surface area (Å²) >= 11 is 0. The molecule has 30 heavy (non-hydrogen) atoms. The zero-order chi connectivity index (χ0) is 21.2. The number of rotatable bonds is 8. The van der Waals surface area contributed by atoms with Crippen LogP contribution in [-0.2, 0) is 19.6 Å². The van der Waals surface area contributed by atoms with Crippen molar-refractivity contribution in [3.63, 3.8) is 0 Å². The maximum absolute atomic E-state index is 12.1. The fourth-order valence-corrected chi connectivity index (χ4v) is 3.68. The van der Waals surface area contributed by atoms with Crippen molar-refractivity contribution < 1.29 is 9.53 Å². The molecule has 0 bridgehead atoms. The van der Waals surface area contributed by atoms with Gasteiger partial charge in [-0.05, 0) is 55.1 Å². The Kier molecular flexibility index (Phi) is 8.10. The normalized spacial score (nSPS) is 16.5. The summed E-state index contributed by atoms with van der Waals surface area (Å²) in [5, 5.41) is 14.3. The molecule has 1 aliphatic heterocycles. The molecule has 1 fully saturated rings. The van der Waals surface area contributed by atoms with E-state index in [4.69, 9.17) is 10.00 Å². The minimum atomic E-state index is -0.218. The fraction of sp³-hybridized carbons (Fsp3) is 0.417. The molecular formula is C24H30N4O2. The highest BCUT2D eigenvalue weighted by Gasteiger charge is 2.17. The summed E-state index contributed by atoms with van der Waals surface area (Å²) in [5.74, 6) is 0.621. The minimum absolute atomic E-state index is 0.00716. The molecule has 0 aliphatic carbocycles. The van der Waals surface area contributed by atoms with Crippen LogP contribution < -0.4 is 15.4 Å². The lowest BCUT2D eigenvalue weighted by atomic mass is 10.0. The van der Waals surface area contributed by atoms with Crippen LogP contribution in [0.1, 0.15) is 42.9 Å². The lowest BCUT2D eigenvalue weighted by Crippen LogP contribution is -2.36. The molecular weight excluding hydrogens is 376 g/mol. The van der Waals surface area contributed by atoms with Gasteiger partial charge in [0.05, 0.1) is 0 Å². The van der Waals surface area contributed by atoms with Crippen LogP contribution >= 0.6 is 0 Å². The van der Waals surface area contributed by atoms with Gasteiger partial charge in [-0.1, -0.05) is 42.8 Å². The second kappa shape index (κ2) is 11.2. The van der Waals surface area contributed by atoms with Crippen molar-refractivity contribution in [1.82, 2.24) is 15.5 Å². The van der Waals surface area contributed by atoms with Gasteiger partial charge in [0, 0.05) is 25.7 Å². The first-order valence-electron chi connectivity index (χ1n) is 10.6. The quantitative estimate of drug-likeness (QED) is 0.696. The predicted molar refractivity (Wildman–Crippen MR) is 117 cm³/mol. The van der Waals surface area contributed by atoms with Gasteiger partial charge >= 0.3 is 6.03 Å². The molecule has 0 saturated carbocycles. The van der Waals surface area contributed by atoms with Gasteiger partial charge in [-0.2, -0.15) is 5.26 Å². The van der Waals surface area contributed by atoms with Crippen LogP contribution in [0, 0.1) is 11.3 Å². The molecule has 2 aromatic carbocycles. The highest BCUT2D eigenvalue weighted by Crippen LogP contribution is 2.19. The molecule has 6 heteroatoms. The number of amides is 2. The number of hydrogen-bond acceptors (Lipinski definition) is 4. The van der Waals surface area contributed by atoms with E-state index in [2.05, 4.69) is 46.7 Å². The number of carbonyl (C=O) groups is 1. The van der Waals surface area contributed by atoms with E-state index >= 15 is 0 Å². The first kappa shape index (κ1) is 21.7. The van der Waals surface area contributed by atoms with Crippen molar-refractivity contribution in [3.8, 4) is 11.8 Å². The maximum Gasteiger partial charge on any atom is 0.315 e. The van der Waals surface area contributed by atoms with Crippen molar-refractivity contribution in [2.45, 2.75) is 51.9 Å². The molecule has 0 spiro atoms. The van der Waals surface area contributed by atoms with E-state index in [1.807, 2.05) is 24.3 Å². The molecule has 1 aliphatic rings. The summed E-state index contributed by atoms with van der Waals surface area (Å²) in [6, 6.07) is 18.2. The molecule has 0 aromatic heterocycles. The maximum atomic E-state index is 12.1. The molecule has 2 amide bonds. The largest absolute Gasteiger partial charge is 0.479 e. The number of urea groups is 1. The van der Waals surface area contributed by atoms with E-state index in [9.17, 15) is 4.79 Å². The van der Waals surface area contributed by atoms with Gasteiger partial charge in [-0.3, -0.25) is 4.90 Å². The van der Waals surface area contributed by atoms with Crippen molar-refractivity contribution in [1.29, 1.82) is 5.26 Å². The van der Waals surface area contributed by atoms with E-state index < -0.39 is 0 Å². The molecule has 1 atom stereocenters. The standard InChI is InChI=1S/C24H30N4O2/c1-19-5-2-3-13-28(19)18-21-10-8-20(9-11-21)16-26-24(29)27-17-22-6-4-7-23(15-22)30-14-12-25/h4,6-11,15,19H,2-3,5,13-14,16-18H2,1H3,(H2,26,27,29). The lowest BCUT2D eigenvalue weighted by Gasteiger charge is -2.33. The summed E-state index contributed by atoms with van der Waals surface area (Å²) in [5.41, 5.74) is 3.31. The Bertz CT molecular complexity index is 860. The average molecular weight is 407 g/mol. The topological polar surface area (TPSA) is 77.4 Å². The summed E-state index contributed by atoms with van der Waals surface area (Å²) in [7, 11) is 0. The molecule has 158 valence electrons. The Hall–Kier alpha value is -3.04. The molecule has 1 unspecified atom stereocenters. The molecule has 1 heterocycles. The Balaban J connectivity index is 1.41.